The molecular formula is C21H26N2O2. The zero-order valence-corrected chi connectivity index (χ0v) is 14.6. The number of amides is 1. The van der Waals surface area contributed by atoms with Crippen molar-refractivity contribution in [3.63, 3.8) is 0 Å². The minimum atomic E-state index is -0.794. The number of benzene rings is 2. The maximum atomic E-state index is 13.0. The Balaban J connectivity index is 1.85. The van der Waals surface area contributed by atoms with Gasteiger partial charge in [-0.3, -0.25) is 4.79 Å². The molecule has 0 aliphatic carbocycles. The van der Waals surface area contributed by atoms with Gasteiger partial charge < -0.3 is 15.7 Å². The molecule has 0 unspecified atom stereocenters. The van der Waals surface area contributed by atoms with Gasteiger partial charge in [-0.15, -0.1) is 0 Å². The molecule has 0 radical (unpaired) electrons. The Morgan fingerprint density at radius 3 is 2.08 bits per heavy atom. The summed E-state index contributed by atoms with van der Waals surface area (Å²) in [5.74, 6) is 0.0119. The molecule has 0 bridgehead atoms. The Kier molecular flexibility index (Phi) is 5.51. The van der Waals surface area contributed by atoms with E-state index in [1.54, 1.807) is 0 Å². The van der Waals surface area contributed by atoms with Crippen LogP contribution in [-0.4, -0.2) is 24.1 Å². The summed E-state index contributed by atoms with van der Waals surface area (Å²) in [5.41, 5.74) is 1.31. The molecule has 0 saturated carbocycles. The average molecular weight is 338 g/mol. The van der Waals surface area contributed by atoms with E-state index in [2.05, 4.69) is 10.6 Å². The summed E-state index contributed by atoms with van der Waals surface area (Å²) >= 11 is 0. The Hall–Kier alpha value is -2.17. The molecule has 2 aromatic carbocycles. The number of piperidine rings is 1. The van der Waals surface area contributed by atoms with E-state index in [1.807, 2.05) is 67.6 Å². The second kappa shape index (κ2) is 7.81. The zero-order chi connectivity index (χ0) is 17.7. The lowest BCUT2D eigenvalue weighted by Crippen LogP contribution is -2.47. The predicted octanol–water partition coefficient (Wildman–Crippen LogP) is 2.97. The van der Waals surface area contributed by atoms with Crippen LogP contribution < -0.4 is 10.6 Å². The van der Waals surface area contributed by atoms with Crippen molar-refractivity contribution in [2.45, 2.75) is 31.9 Å². The minimum absolute atomic E-state index is 0.0119. The molecule has 3 rings (SSSR count). The first-order chi connectivity index (χ1) is 12.1. The topological polar surface area (TPSA) is 61.4 Å². The highest BCUT2D eigenvalue weighted by molar-refractivity contribution is 5.82. The molecule has 25 heavy (non-hydrogen) atoms. The Labute approximate surface area is 149 Å². The van der Waals surface area contributed by atoms with E-state index >= 15 is 0 Å². The highest BCUT2D eigenvalue weighted by Crippen LogP contribution is 2.33. The Bertz CT molecular complexity index is 682. The van der Waals surface area contributed by atoms with Crippen molar-refractivity contribution in [3.8, 4) is 0 Å². The fourth-order valence-corrected chi connectivity index (χ4v) is 3.37. The first kappa shape index (κ1) is 17.6. The van der Waals surface area contributed by atoms with Gasteiger partial charge in [-0.1, -0.05) is 67.6 Å². The Morgan fingerprint density at radius 2 is 1.52 bits per heavy atom. The van der Waals surface area contributed by atoms with Gasteiger partial charge in [0.15, 0.2) is 0 Å². The summed E-state index contributed by atoms with van der Waals surface area (Å²) < 4.78 is 0. The molecule has 4 heteroatoms. The van der Waals surface area contributed by atoms with Crippen LogP contribution in [0, 0.1) is 5.41 Å². The summed E-state index contributed by atoms with van der Waals surface area (Å²) in [6, 6.07) is 18.7. The van der Waals surface area contributed by atoms with Gasteiger partial charge in [0.05, 0.1) is 6.04 Å². The molecule has 2 atom stereocenters. The van der Waals surface area contributed by atoms with Crippen LogP contribution in [0.4, 0.5) is 0 Å². The molecule has 1 amide bonds. The summed E-state index contributed by atoms with van der Waals surface area (Å²) in [7, 11) is 0. The molecular weight excluding hydrogens is 312 g/mol. The number of nitrogens with one attached hydrogen (secondary N) is 2. The highest BCUT2D eigenvalue weighted by Gasteiger charge is 2.37. The average Bonchev–Trinajstić information content (AvgIpc) is 2.67. The van der Waals surface area contributed by atoms with E-state index < -0.39 is 17.6 Å². The molecule has 3 N–H and O–H groups in total. The molecule has 132 valence electrons. The van der Waals surface area contributed by atoms with Crippen LogP contribution in [0.1, 0.15) is 43.0 Å². The van der Waals surface area contributed by atoms with Crippen LogP contribution in [-0.2, 0) is 4.79 Å². The van der Waals surface area contributed by atoms with Crippen molar-refractivity contribution in [1.29, 1.82) is 0 Å². The van der Waals surface area contributed by atoms with Crippen molar-refractivity contribution in [2.24, 2.45) is 5.41 Å². The standard InChI is InChI=1S/C21H26N2O2/c1-21(12-14-22-15-13-21)20(25)23-18(16-8-4-2-5-9-16)19(24)17-10-6-3-7-11-17/h2-11,18-19,22,24H,12-15H2,1H3,(H,23,25)/t18-,19+/m0/s1. The van der Waals surface area contributed by atoms with Gasteiger partial charge >= 0.3 is 0 Å². The summed E-state index contributed by atoms with van der Waals surface area (Å²) in [6.07, 6.45) is 0.821. The molecule has 1 heterocycles. The number of aliphatic hydroxyl groups is 1. The summed E-state index contributed by atoms with van der Waals surface area (Å²) in [6.45, 7) is 3.71. The first-order valence-corrected chi connectivity index (χ1v) is 8.90. The lowest BCUT2D eigenvalue weighted by atomic mass is 9.79. The fourth-order valence-electron chi connectivity index (χ4n) is 3.37. The smallest absolute Gasteiger partial charge is 0.226 e. The third-order valence-corrected chi connectivity index (χ3v) is 5.16. The molecule has 1 saturated heterocycles. The number of carbonyl (C=O) groups excluding carboxylic acids is 1. The molecule has 0 spiro atoms. The largest absolute Gasteiger partial charge is 0.386 e. The van der Waals surface area contributed by atoms with E-state index in [1.165, 1.54) is 0 Å². The maximum absolute atomic E-state index is 13.0. The van der Waals surface area contributed by atoms with Gasteiger partial charge in [0.2, 0.25) is 5.91 Å². The molecule has 1 aliphatic rings. The lowest BCUT2D eigenvalue weighted by Gasteiger charge is -2.35. The van der Waals surface area contributed by atoms with Crippen molar-refractivity contribution in [2.75, 3.05) is 13.1 Å². The third kappa shape index (κ3) is 4.09. The van der Waals surface area contributed by atoms with Gasteiger partial charge in [0.25, 0.3) is 0 Å². The molecule has 1 aliphatic heterocycles. The van der Waals surface area contributed by atoms with E-state index in [0.717, 1.165) is 37.1 Å². The molecule has 4 nitrogen and oxygen atoms in total. The van der Waals surface area contributed by atoms with Crippen LogP contribution in [0.2, 0.25) is 0 Å². The second-order valence-electron chi connectivity index (χ2n) is 7.03. The van der Waals surface area contributed by atoms with E-state index in [0.29, 0.717) is 0 Å². The van der Waals surface area contributed by atoms with Crippen LogP contribution in [0.5, 0.6) is 0 Å². The van der Waals surface area contributed by atoms with Crippen LogP contribution in [0.3, 0.4) is 0 Å². The van der Waals surface area contributed by atoms with Gasteiger partial charge in [-0.2, -0.15) is 0 Å². The normalized spacial score (nSPS) is 19.0. The van der Waals surface area contributed by atoms with Gasteiger partial charge in [0.1, 0.15) is 6.10 Å². The zero-order valence-electron chi connectivity index (χ0n) is 14.6. The molecule has 0 aromatic heterocycles. The first-order valence-electron chi connectivity index (χ1n) is 8.90. The SMILES string of the molecule is CC1(C(=O)N[C@@H](c2ccccc2)[C@H](O)c2ccccc2)CCNCC1. The van der Waals surface area contributed by atoms with E-state index in [9.17, 15) is 9.90 Å². The quantitative estimate of drug-likeness (QED) is 0.785. The van der Waals surface area contributed by atoms with E-state index in [-0.39, 0.29) is 5.91 Å². The van der Waals surface area contributed by atoms with Gasteiger partial charge in [-0.25, -0.2) is 0 Å². The number of hydrogen-bond acceptors (Lipinski definition) is 3. The predicted molar refractivity (Wildman–Crippen MR) is 98.9 cm³/mol. The maximum Gasteiger partial charge on any atom is 0.226 e. The molecule has 2 aromatic rings. The van der Waals surface area contributed by atoms with E-state index in [4.69, 9.17) is 0 Å². The fraction of sp³-hybridized carbons (Fsp3) is 0.381. The van der Waals surface area contributed by atoms with Crippen LogP contribution in [0.15, 0.2) is 60.7 Å². The Morgan fingerprint density at radius 1 is 1.00 bits per heavy atom. The highest BCUT2D eigenvalue weighted by atomic mass is 16.3. The van der Waals surface area contributed by atoms with Crippen molar-refractivity contribution in [3.05, 3.63) is 71.8 Å². The lowest BCUT2D eigenvalue weighted by molar-refractivity contribution is -0.133. The van der Waals surface area contributed by atoms with Crippen molar-refractivity contribution >= 4 is 5.91 Å². The number of aliphatic hydroxyl groups excluding tert-OH is 1. The summed E-state index contributed by atoms with van der Waals surface area (Å²) in [4.78, 5) is 13.0. The van der Waals surface area contributed by atoms with Crippen molar-refractivity contribution < 1.29 is 9.90 Å². The van der Waals surface area contributed by atoms with Crippen LogP contribution >= 0.6 is 0 Å². The third-order valence-electron chi connectivity index (χ3n) is 5.16. The van der Waals surface area contributed by atoms with Crippen LogP contribution in [0.25, 0.3) is 0 Å². The number of carbonyl (C=O) groups is 1. The second-order valence-corrected chi connectivity index (χ2v) is 7.03. The molecule has 1 fully saturated rings. The minimum Gasteiger partial charge on any atom is -0.386 e. The summed E-state index contributed by atoms with van der Waals surface area (Å²) in [5, 5.41) is 17.4. The monoisotopic (exact) mass is 338 g/mol. The van der Waals surface area contributed by atoms with Crippen molar-refractivity contribution in [1.82, 2.24) is 10.6 Å². The number of hydrogen-bond donors (Lipinski definition) is 3. The van der Waals surface area contributed by atoms with Gasteiger partial charge in [0, 0.05) is 5.41 Å². The van der Waals surface area contributed by atoms with Gasteiger partial charge in [-0.05, 0) is 37.1 Å². The number of rotatable bonds is 5.